The monoisotopic (exact) mass is 439 g/mol. The van der Waals surface area contributed by atoms with Crippen molar-refractivity contribution in [2.45, 2.75) is 13.0 Å². The second-order valence-electron chi connectivity index (χ2n) is 7.20. The summed E-state index contributed by atoms with van der Waals surface area (Å²) in [4.78, 5) is 20.5. The number of hydrogen-bond acceptors (Lipinski definition) is 5. The zero-order valence-electron chi connectivity index (χ0n) is 16.5. The van der Waals surface area contributed by atoms with Crippen LogP contribution >= 0.6 is 22.7 Å². The summed E-state index contributed by atoms with van der Waals surface area (Å²) < 4.78 is 1.76. The molecule has 0 aliphatic rings. The molecule has 0 atom stereocenters. The summed E-state index contributed by atoms with van der Waals surface area (Å²) in [6, 6.07) is 23.6. The lowest BCUT2D eigenvalue weighted by Gasteiger charge is -2.13. The van der Waals surface area contributed by atoms with Gasteiger partial charge in [0.15, 0.2) is 0 Å². The summed E-state index contributed by atoms with van der Waals surface area (Å²) in [5, 5.41) is 14.0. The third kappa shape index (κ3) is 3.81. The van der Waals surface area contributed by atoms with E-state index in [4.69, 9.17) is 4.98 Å². The highest BCUT2D eigenvalue weighted by atomic mass is 32.1. The van der Waals surface area contributed by atoms with E-state index >= 15 is 0 Å². The Balaban J connectivity index is 1.69. The minimum Gasteiger partial charge on any atom is -0.291 e. The van der Waals surface area contributed by atoms with E-state index in [1.54, 1.807) is 22.0 Å². The molecule has 4 nitrogen and oxygen atoms in total. The van der Waals surface area contributed by atoms with Crippen LogP contribution in [0.5, 0.6) is 0 Å². The van der Waals surface area contributed by atoms with Crippen LogP contribution in [0, 0.1) is 11.3 Å². The van der Waals surface area contributed by atoms with Crippen LogP contribution in [0.1, 0.15) is 22.5 Å². The van der Waals surface area contributed by atoms with Gasteiger partial charge in [-0.3, -0.25) is 9.36 Å². The number of thiophene rings is 2. The molecule has 0 saturated carbocycles. The standard InChI is InChI=1S/C25H17N3OS2/c26-14-18-8-4-9-19(12-18)15-28-22(13-17-6-2-1-3-7-17)27-24-23(25(28)29)20(16-31-24)21-10-5-11-30-21/h1-12,16H,13,15H2. The molecule has 0 spiro atoms. The van der Waals surface area contributed by atoms with Gasteiger partial charge in [-0.25, -0.2) is 4.98 Å². The van der Waals surface area contributed by atoms with Gasteiger partial charge in [0.2, 0.25) is 0 Å². The molecule has 0 saturated heterocycles. The fourth-order valence-electron chi connectivity index (χ4n) is 3.68. The molecule has 31 heavy (non-hydrogen) atoms. The lowest BCUT2D eigenvalue weighted by molar-refractivity contribution is 0.695. The van der Waals surface area contributed by atoms with Crippen molar-refractivity contribution in [3.05, 3.63) is 110 Å². The molecular weight excluding hydrogens is 422 g/mol. The molecular formula is C25H17N3OS2. The van der Waals surface area contributed by atoms with Crippen LogP contribution in [-0.2, 0) is 13.0 Å². The molecule has 0 amide bonds. The quantitative estimate of drug-likeness (QED) is 0.353. The number of benzene rings is 2. The van der Waals surface area contributed by atoms with E-state index in [9.17, 15) is 10.1 Å². The Kier molecular flexibility index (Phi) is 5.21. The molecule has 0 fully saturated rings. The molecule has 3 aromatic heterocycles. The van der Waals surface area contributed by atoms with Crippen molar-refractivity contribution in [3.63, 3.8) is 0 Å². The molecule has 0 unspecified atom stereocenters. The largest absolute Gasteiger partial charge is 0.291 e. The lowest BCUT2D eigenvalue weighted by atomic mass is 10.1. The fraction of sp³-hybridized carbons (Fsp3) is 0.0800. The summed E-state index contributed by atoms with van der Waals surface area (Å²) in [6.07, 6.45) is 0.566. The summed E-state index contributed by atoms with van der Waals surface area (Å²) in [7, 11) is 0. The Hall–Kier alpha value is -3.53. The van der Waals surface area contributed by atoms with Gasteiger partial charge in [0, 0.05) is 22.2 Å². The number of hydrogen-bond donors (Lipinski definition) is 0. The summed E-state index contributed by atoms with van der Waals surface area (Å²) in [6.45, 7) is 0.374. The molecule has 0 N–H and O–H groups in total. The van der Waals surface area contributed by atoms with Crippen molar-refractivity contribution in [2.24, 2.45) is 0 Å². The molecule has 2 aromatic carbocycles. The zero-order valence-corrected chi connectivity index (χ0v) is 18.1. The van der Waals surface area contributed by atoms with Crippen LogP contribution in [0.2, 0.25) is 0 Å². The smallest absolute Gasteiger partial charge is 0.263 e. The van der Waals surface area contributed by atoms with E-state index in [-0.39, 0.29) is 5.56 Å². The van der Waals surface area contributed by atoms with E-state index in [1.807, 2.05) is 71.4 Å². The van der Waals surface area contributed by atoms with E-state index in [2.05, 4.69) is 6.07 Å². The van der Waals surface area contributed by atoms with Gasteiger partial charge in [-0.05, 0) is 34.7 Å². The van der Waals surface area contributed by atoms with Gasteiger partial charge in [0.1, 0.15) is 10.7 Å². The number of fused-ring (bicyclic) bond motifs is 1. The molecule has 0 aliphatic heterocycles. The normalized spacial score (nSPS) is 10.9. The third-order valence-electron chi connectivity index (χ3n) is 5.16. The molecule has 0 radical (unpaired) electrons. The molecule has 6 heteroatoms. The minimum atomic E-state index is -0.0389. The van der Waals surface area contributed by atoms with E-state index in [0.29, 0.717) is 23.9 Å². The maximum absolute atomic E-state index is 13.7. The topological polar surface area (TPSA) is 58.7 Å². The molecule has 0 bridgehead atoms. The Morgan fingerprint density at radius 3 is 2.58 bits per heavy atom. The molecule has 3 heterocycles. The first kappa shape index (κ1) is 19.4. The Labute approximate surface area is 187 Å². The van der Waals surface area contributed by atoms with Gasteiger partial charge in [-0.15, -0.1) is 22.7 Å². The van der Waals surface area contributed by atoms with E-state index in [1.165, 1.54) is 11.3 Å². The zero-order chi connectivity index (χ0) is 21.2. The number of nitriles is 1. The average molecular weight is 440 g/mol. The number of aromatic nitrogens is 2. The van der Waals surface area contributed by atoms with Crippen molar-refractivity contribution in [1.29, 1.82) is 5.26 Å². The van der Waals surface area contributed by atoms with Crippen LogP contribution in [0.3, 0.4) is 0 Å². The van der Waals surface area contributed by atoms with Gasteiger partial charge < -0.3 is 0 Å². The lowest BCUT2D eigenvalue weighted by Crippen LogP contribution is -2.26. The maximum atomic E-state index is 13.7. The van der Waals surface area contributed by atoms with Gasteiger partial charge >= 0.3 is 0 Å². The van der Waals surface area contributed by atoms with Crippen LogP contribution in [-0.4, -0.2) is 9.55 Å². The first-order chi connectivity index (χ1) is 15.2. The Morgan fingerprint density at radius 2 is 1.81 bits per heavy atom. The summed E-state index contributed by atoms with van der Waals surface area (Å²) >= 11 is 3.13. The molecule has 0 aliphatic carbocycles. The molecule has 150 valence electrons. The summed E-state index contributed by atoms with van der Waals surface area (Å²) in [5.74, 6) is 0.727. The Bertz CT molecular complexity index is 1460. The average Bonchev–Trinajstić information content (AvgIpc) is 3.47. The molecule has 5 rings (SSSR count). The van der Waals surface area contributed by atoms with Crippen molar-refractivity contribution < 1.29 is 0 Å². The van der Waals surface area contributed by atoms with Crippen molar-refractivity contribution in [1.82, 2.24) is 9.55 Å². The molecule has 5 aromatic rings. The van der Waals surface area contributed by atoms with Crippen LogP contribution in [0.25, 0.3) is 20.7 Å². The van der Waals surface area contributed by atoms with Crippen LogP contribution in [0.4, 0.5) is 0 Å². The SMILES string of the molecule is N#Cc1cccc(Cn2c(Cc3ccccc3)nc3scc(-c4cccs4)c3c2=O)c1. The predicted molar refractivity (Wildman–Crippen MR) is 127 cm³/mol. The highest BCUT2D eigenvalue weighted by Crippen LogP contribution is 2.34. The van der Waals surface area contributed by atoms with Gasteiger partial charge in [-0.1, -0.05) is 48.5 Å². The minimum absolute atomic E-state index is 0.0389. The van der Waals surface area contributed by atoms with Crippen molar-refractivity contribution in [3.8, 4) is 16.5 Å². The van der Waals surface area contributed by atoms with Gasteiger partial charge in [-0.2, -0.15) is 5.26 Å². The number of nitrogens with zero attached hydrogens (tertiary/aromatic N) is 3. The first-order valence-corrected chi connectivity index (χ1v) is 11.6. The second-order valence-corrected chi connectivity index (χ2v) is 9.01. The van der Waals surface area contributed by atoms with Gasteiger partial charge in [0.25, 0.3) is 5.56 Å². The predicted octanol–water partition coefficient (Wildman–Crippen LogP) is 5.70. The Morgan fingerprint density at radius 1 is 0.968 bits per heavy atom. The number of rotatable bonds is 5. The first-order valence-electron chi connectivity index (χ1n) is 9.80. The van der Waals surface area contributed by atoms with Crippen molar-refractivity contribution in [2.75, 3.05) is 0 Å². The van der Waals surface area contributed by atoms with Crippen LogP contribution in [0.15, 0.2) is 82.3 Å². The van der Waals surface area contributed by atoms with Crippen LogP contribution < -0.4 is 5.56 Å². The van der Waals surface area contributed by atoms with Crippen molar-refractivity contribution >= 4 is 32.9 Å². The summed E-state index contributed by atoms with van der Waals surface area (Å²) in [5.41, 5.74) is 3.49. The van der Waals surface area contributed by atoms with Gasteiger partial charge in [0.05, 0.1) is 23.6 Å². The fourth-order valence-corrected chi connectivity index (χ4v) is 5.45. The third-order valence-corrected chi connectivity index (χ3v) is 6.94. The second kappa shape index (κ2) is 8.31. The van der Waals surface area contributed by atoms with E-state index < -0.39 is 0 Å². The maximum Gasteiger partial charge on any atom is 0.263 e. The highest BCUT2D eigenvalue weighted by Gasteiger charge is 2.18. The van der Waals surface area contributed by atoms with E-state index in [0.717, 1.165) is 32.2 Å². The highest BCUT2D eigenvalue weighted by molar-refractivity contribution is 7.18.